The standard InChI is InChI=1S/C18H27BrN2/c1-21(18-5-3-2-4-15(18)12-20)17-9-7-13-10-16(19)8-6-14(13)11-17/h6,8,10,15,17-18H,2-5,7,9,11-12,20H2,1H3. The average Bonchev–Trinajstić information content (AvgIpc) is 2.53. The Morgan fingerprint density at radius 1 is 1.19 bits per heavy atom. The molecule has 0 spiro atoms. The second-order valence-electron chi connectivity index (χ2n) is 6.82. The summed E-state index contributed by atoms with van der Waals surface area (Å²) in [7, 11) is 2.34. The zero-order valence-electron chi connectivity index (χ0n) is 13.0. The van der Waals surface area contributed by atoms with Crippen LogP contribution < -0.4 is 5.73 Å². The summed E-state index contributed by atoms with van der Waals surface area (Å²) in [6.07, 6.45) is 9.10. The van der Waals surface area contributed by atoms with Crippen molar-refractivity contribution in [1.82, 2.24) is 4.90 Å². The second-order valence-corrected chi connectivity index (χ2v) is 7.74. The van der Waals surface area contributed by atoms with Crippen LogP contribution in [-0.4, -0.2) is 30.6 Å². The van der Waals surface area contributed by atoms with Crippen molar-refractivity contribution in [2.24, 2.45) is 11.7 Å². The van der Waals surface area contributed by atoms with Gasteiger partial charge in [0.2, 0.25) is 0 Å². The Labute approximate surface area is 137 Å². The van der Waals surface area contributed by atoms with E-state index in [0.29, 0.717) is 18.0 Å². The van der Waals surface area contributed by atoms with Crippen LogP contribution in [0.4, 0.5) is 0 Å². The number of benzene rings is 1. The molecule has 0 aromatic heterocycles. The molecule has 1 aromatic rings. The van der Waals surface area contributed by atoms with Gasteiger partial charge in [0.1, 0.15) is 0 Å². The van der Waals surface area contributed by atoms with Gasteiger partial charge in [-0.1, -0.05) is 34.8 Å². The zero-order valence-corrected chi connectivity index (χ0v) is 14.6. The number of hydrogen-bond acceptors (Lipinski definition) is 2. The molecule has 2 N–H and O–H groups in total. The van der Waals surface area contributed by atoms with Gasteiger partial charge in [0, 0.05) is 16.6 Å². The Balaban J connectivity index is 1.71. The summed E-state index contributed by atoms with van der Waals surface area (Å²) in [5.74, 6) is 0.704. The molecule has 1 saturated carbocycles. The third-order valence-corrected chi connectivity index (χ3v) is 6.13. The number of nitrogens with two attached hydrogens (primary N) is 1. The number of aryl methyl sites for hydroxylation is 1. The van der Waals surface area contributed by atoms with Crippen LogP contribution in [-0.2, 0) is 12.8 Å². The fourth-order valence-corrected chi connectivity index (χ4v) is 4.73. The van der Waals surface area contributed by atoms with Gasteiger partial charge in [0.25, 0.3) is 0 Å². The number of halogens is 1. The molecule has 3 rings (SSSR count). The van der Waals surface area contributed by atoms with E-state index in [0.717, 1.165) is 6.54 Å². The van der Waals surface area contributed by atoms with E-state index in [4.69, 9.17) is 5.73 Å². The van der Waals surface area contributed by atoms with Gasteiger partial charge >= 0.3 is 0 Å². The van der Waals surface area contributed by atoms with Crippen molar-refractivity contribution < 1.29 is 0 Å². The number of likely N-dealkylation sites (N-methyl/N-ethyl adjacent to an activating group) is 1. The monoisotopic (exact) mass is 350 g/mol. The Hall–Kier alpha value is -0.380. The highest BCUT2D eigenvalue weighted by molar-refractivity contribution is 9.10. The van der Waals surface area contributed by atoms with Crippen LogP contribution in [0.1, 0.15) is 43.2 Å². The topological polar surface area (TPSA) is 29.3 Å². The molecule has 21 heavy (non-hydrogen) atoms. The molecule has 1 fully saturated rings. The molecule has 2 aliphatic rings. The molecule has 0 aliphatic heterocycles. The Bertz CT molecular complexity index is 488. The maximum atomic E-state index is 6.02. The minimum atomic E-state index is 0.691. The first kappa shape index (κ1) is 15.5. The van der Waals surface area contributed by atoms with Crippen molar-refractivity contribution in [3.05, 3.63) is 33.8 Å². The number of rotatable bonds is 3. The molecule has 0 bridgehead atoms. The van der Waals surface area contributed by atoms with Gasteiger partial charge in [-0.15, -0.1) is 0 Å². The third-order valence-electron chi connectivity index (χ3n) is 5.64. The minimum Gasteiger partial charge on any atom is -0.330 e. The van der Waals surface area contributed by atoms with Gasteiger partial charge in [-0.05, 0) is 74.9 Å². The van der Waals surface area contributed by atoms with Crippen LogP contribution >= 0.6 is 15.9 Å². The smallest absolute Gasteiger partial charge is 0.0178 e. The molecule has 3 unspecified atom stereocenters. The van der Waals surface area contributed by atoms with Gasteiger partial charge in [-0.2, -0.15) is 0 Å². The fraction of sp³-hybridized carbons (Fsp3) is 0.667. The molecule has 3 atom stereocenters. The van der Waals surface area contributed by atoms with Gasteiger partial charge in [0.15, 0.2) is 0 Å². The SMILES string of the molecule is CN(C1CCc2cc(Br)ccc2C1)C1CCCCC1CN. The summed E-state index contributed by atoms with van der Waals surface area (Å²) in [6.45, 7) is 0.852. The van der Waals surface area contributed by atoms with Crippen molar-refractivity contribution >= 4 is 15.9 Å². The van der Waals surface area contributed by atoms with Crippen molar-refractivity contribution in [3.63, 3.8) is 0 Å². The first-order valence-corrected chi connectivity index (χ1v) is 9.17. The molecule has 0 saturated heterocycles. The van der Waals surface area contributed by atoms with E-state index in [1.54, 1.807) is 5.56 Å². The summed E-state index contributed by atoms with van der Waals surface area (Å²) in [5.41, 5.74) is 9.10. The summed E-state index contributed by atoms with van der Waals surface area (Å²) < 4.78 is 1.21. The normalized spacial score (nSPS) is 29.4. The molecular formula is C18H27BrN2. The largest absolute Gasteiger partial charge is 0.330 e. The minimum absolute atomic E-state index is 0.691. The average molecular weight is 351 g/mol. The van der Waals surface area contributed by atoms with Gasteiger partial charge in [-0.25, -0.2) is 0 Å². The number of nitrogens with zero attached hydrogens (tertiary/aromatic N) is 1. The van der Waals surface area contributed by atoms with Crippen LogP contribution in [0.5, 0.6) is 0 Å². The van der Waals surface area contributed by atoms with Crippen molar-refractivity contribution in [3.8, 4) is 0 Å². The lowest BCUT2D eigenvalue weighted by Gasteiger charge is -2.43. The van der Waals surface area contributed by atoms with Crippen molar-refractivity contribution in [2.75, 3.05) is 13.6 Å². The number of fused-ring (bicyclic) bond motifs is 1. The lowest BCUT2D eigenvalue weighted by molar-refractivity contribution is 0.0850. The highest BCUT2D eigenvalue weighted by atomic mass is 79.9. The maximum Gasteiger partial charge on any atom is 0.0178 e. The van der Waals surface area contributed by atoms with Gasteiger partial charge in [0.05, 0.1) is 0 Å². The van der Waals surface area contributed by atoms with E-state index >= 15 is 0 Å². The summed E-state index contributed by atoms with van der Waals surface area (Å²) >= 11 is 3.59. The second kappa shape index (κ2) is 6.80. The summed E-state index contributed by atoms with van der Waals surface area (Å²) in [4.78, 5) is 2.67. The Kier molecular flexibility index (Phi) is 5.03. The molecule has 0 amide bonds. The predicted octanol–water partition coefficient (Wildman–Crippen LogP) is 3.76. The van der Waals surface area contributed by atoms with E-state index in [1.165, 1.54) is 55.0 Å². The van der Waals surface area contributed by atoms with Crippen LogP contribution in [0.3, 0.4) is 0 Å². The van der Waals surface area contributed by atoms with Gasteiger partial charge < -0.3 is 5.73 Å². The molecule has 2 nitrogen and oxygen atoms in total. The number of hydrogen-bond donors (Lipinski definition) is 1. The van der Waals surface area contributed by atoms with E-state index in [-0.39, 0.29) is 0 Å². The van der Waals surface area contributed by atoms with Crippen LogP contribution in [0.15, 0.2) is 22.7 Å². The fourth-order valence-electron chi connectivity index (χ4n) is 4.32. The Morgan fingerprint density at radius 3 is 2.81 bits per heavy atom. The first-order valence-electron chi connectivity index (χ1n) is 8.38. The van der Waals surface area contributed by atoms with E-state index < -0.39 is 0 Å². The van der Waals surface area contributed by atoms with Crippen molar-refractivity contribution in [2.45, 2.75) is 57.0 Å². The molecule has 116 valence electrons. The van der Waals surface area contributed by atoms with E-state index in [9.17, 15) is 0 Å². The molecule has 0 radical (unpaired) electrons. The van der Waals surface area contributed by atoms with E-state index in [1.807, 2.05) is 0 Å². The molecular weight excluding hydrogens is 324 g/mol. The van der Waals surface area contributed by atoms with Gasteiger partial charge in [-0.3, -0.25) is 4.90 Å². The predicted molar refractivity (Wildman–Crippen MR) is 92.5 cm³/mol. The quantitative estimate of drug-likeness (QED) is 0.899. The molecule has 2 aliphatic carbocycles. The molecule has 1 aromatic carbocycles. The lowest BCUT2D eigenvalue weighted by Crippen LogP contribution is -2.49. The molecule has 0 heterocycles. The van der Waals surface area contributed by atoms with Crippen LogP contribution in [0.2, 0.25) is 0 Å². The maximum absolute atomic E-state index is 6.02. The molecule has 3 heteroatoms. The Morgan fingerprint density at radius 2 is 2.00 bits per heavy atom. The van der Waals surface area contributed by atoms with Crippen molar-refractivity contribution in [1.29, 1.82) is 0 Å². The van der Waals surface area contributed by atoms with Crippen LogP contribution in [0.25, 0.3) is 0 Å². The highest BCUT2D eigenvalue weighted by Gasteiger charge is 2.32. The zero-order chi connectivity index (χ0) is 14.8. The first-order chi connectivity index (χ1) is 10.2. The summed E-state index contributed by atoms with van der Waals surface area (Å²) in [6, 6.07) is 8.18. The third kappa shape index (κ3) is 3.35. The lowest BCUT2D eigenvalue weighted by atomic mass is 9.81. The van der Waals surface area contributed by atoms with Crippen LogP contribution in [0, 0.1) is 5.92 Å². The highest BCUT2D eigenvalue weighted by Crippen LogP contribution is 2.32. The van der Waals surface area contributed by atoms with E-state index in [2.05, 4.69) is 46.1 Å². The summed E-state index contributed by atoms with van der Waals surface area (Å²) in [5, 5.41) is 0.